The van der Waals surface area contributed by atoms with Crippen LogP contribution in [0.5, 0.6) is 5.75 Å². The fraction of sp³-hybridized carbons (Fsp3) is 0.667. The Labute approximate surface area is 144 Å². The van der Waals surface area contributed by atoms with Crippen molar-refractivity contribution in [3.8, 4) is 5.75 Å². The van der Waals surface area contributed by atoms with Gasteiger partial charge in [-0.2, -0.15) is 0 Å². The van der Waals surface area contributed by atoms with Crippen LogP contribution in [0.4, 0.5) is 0 Å². The smallest absolute Gasteiger partial charge is 0.123 e. The van der Waals surface area contributed by atoms with Gasteiger partial charge >= 0.3 is 0 Å². The van der Waals surface area contributed by atoms with E-state index >= 15 is 0 Å². The highest BCUT2D eigenvalue weighted by Gasteiger charge is 2.19. The largest absolute Gasteiger partial charge is 0.491 e. The molecule has 0 aromatic heterocycles. The van der Waals surface area contributed by atoms with E-state index < -0.39 is 0 Å². The third-order valence-electron chi connectivity index (χ3n) is 4.03. The lowest BCUT2D eigenvalue weighted by atomic mass is 9.86. The van der Waals surface area contributed by atoms with Crippen LogP contribution in [-0.4, -0.2) is 52.7 Å². The molecule has 1 N–H and O–H groups in total. The Balaban J connectivity index is 1.70. The van der Waals surface area contributed by atoms with Gasteiger partial charge in [0.05, 0.1) is 26.4 Å². The van der Waals surface area contributed by atoms with Crippen molar-refractivity contribution in [3.05, 3.63) is 28.8 Å². The molecule has 130 valence electrons. The number of halogens is 1. The summed E-state index contributed by atoms with van der Waals surface area (Å²) in [6.45, 7) is 13.4. The molecule has 1 saturated heterocycles. The molecule has 5 heteroatoms. The van der Waals surface area contributed by atoms with Gasteiger partial charge in [0, 0.05) is 10.6 Å². The van der Waals surface area contributed by atoms with E-state index in [2.05, 4.69) is 20.8 Å². The molecule has 23 heavy (non-hydrogen) atoms. The summed E-state index contributed by atoms with van der Waals surface area (Å²) in [7, 11) is 0. The minimum Gasteiger partial charge on any atom is -0.491 e. The third-order valence-corrected chi connectivity index (χ3v) is 4.27. The molecule has 0 atom stereocenters. The first-order valence-corrected chi connectivity index (χ1v) is 8.76. The van der Waals surface area contributed by atoms with Gasteiger partial charge in [-0.25, -0.2) is 0 Å². The van der Waals surface area contributed by atoms with Crippen molar-refractivity contribution in [1.29, 1.82) is 0 Å². The zero-order valence-corrected chi connectivity index (χ0v) is 15.2. The first-order chi connectivity index (χ1) is 11.0. The second kappa shape index (κ2) is 8.88. The fourth-order valence-corrected chi connectivity index (χ4v) is 2.83. The maximum atomic E-state index is 6.11. The summed E-state index contributed by atoms with van der Waals surface area (Å²) in [6.07, 6.45) is 0. The second-order valence-corrected chi connectivity index (χ2v) is 7.40. The van der Waals surface area contributed by atoms with Crippen molar-refractivity contribution in [2.75, 3.05) is 52.7 Å². The standard InChI is InChI=1S/C18H28ClNO3/c1-18(2,3)16-14-15(19)4-5-17(16)23-13-12-22-11-8-20-6-9-21-10-7-20/h4-5,14H,6-13H2,1-3H3/p+1. The first-order valence-electron chi connectivity index (χ1n) is 8.39. The van der Waals surface area contributed by atoms with E-state index in [1.165, 1.54) is 0 Å². The number of quaternary nitrogens is 1. The van der Waals surface area contributed by atoms with Crippen molar-refractivity contribution >= 4 is 11.6 Å². The van der Waals surface area contributed by atoms with Crippen molar-refractivity contribution in [2.45, 2.75) is 26.2 Å². The average molecular weight is 343 g/mol. The lowest BCUT2D eigenvalue weighted by Crippen LogP contribution is -3.14. The van der Waals surface area contributed by atoms with Gasteiger partial charge in [-0.15, -0.1) is 0 Å². The molecule has 0 unspecified atom stereocenters. The van der Waals surface area contributed by atoms with Gasteiger partial charge in [-0.05, 0) is 23.6 Å². The van der Waals surface area contributed by atoms with Gasteiger partial charge in [-0.3, -0.25) is 0 Å². The van der Waals surface area contributed by atoms with Crippen LogP contribution >= 0.6 is 11.6 Å². The highest BCUT2D eigenvalue weighted by atomic mass is 35.5. The molecule has 1 heterocycles. The summed E-state index contributed by atoms with van der Waals surface area (Å²) in [5, 5.41) is 0.743. The number of nitrogens with one attached hydrogen (secondary N) is 1. The maximum Gasteiger partial charge on any atom is 0.123 e. The van der Waals surface area contributed by atoms with Gasteiger partial charge in [0.2, 0.25) is 0 Å². The number of hydrogen-bond acceptors (Lipinski definition) is 3. The second-order valence-electron chi connectivity index (χ2n) is 6.96. The number of rotatable bonds is 7. The Bertz CT molecular complexity index is 482. The monoisotopic (exact) mass is 342 g/mol. The summed E-state index contributed by atoms with van der Waals surface area (Å²) < 4.78 is 16.9. The average Bonchev–Trinajstić information content (AvgIpc) is 2.52. The van der Waals surface area contributed by atoms with Gasteiger partial charge in [0.1, 0.15) is 32.0 Å². The molecule has 1 aromatic rings. The Morgan fingerprint density at radius 3 is 2.57 bits per heavy atom. The Hall–Kier alpha value is -0.810. The maximum absolute atomic E-state index is 6.11. The highest BCUT2D eigenvalue weighted by molar-refractivity contribution is 6.30. The van der Waals surface area contributed by atoms with Crippen molar-refractivity contribution in [2.24, 2.45) is 0 Å². The van der Waals surface area contributed by atoms with E-state index in [-0.39, 0.29) is 5.41 Å². The molecule has 0 bridgehead atoms. The van der Waals surface area contributed by atoms with E-state index in [1.807, 2.05) is 18.2 Å². The lowest BCUT2D eigenvalue weighted by molar-refractivity contribution is -0.908. The SMILES string of the molecule is CC(C)(C)c1cc(Cl)ccc1OCCOCC[NH+]1CCOCC1. The predicted molar refractivity (Wildman–Crippen MR) is 92.8 cm³/mol. The molecule has 0 spiro atoms. The quantitative estimate of drug-likeness (QED) is 0.769. The zero-order valence-electron chi connectivity index (χ0n) is 14.5. The Morgan fingerprint density at radius 2 is 1.87 bits per heavy atom. The van der Waals surface area contributed by atoms with Crippen LogP contribution in [0.25, 0.3) is 0 Å². The van der Waals surface area contributed by atoms with Crippen LogP contribution in [0.15, 0.2) is 18.2 Å². The van der Waals surface area contributed by atoms with Crippen LogP contribution in [0.2, 0.25) is 5.02 Å². The molecule has 1 aliphatic heterocycles. The van der Waals surface area contributed by atoms with Crippen molar-refractivity contribution in [1.82, 2.24) is 0 Å². The summed E-state index contributed by atoms with van der Waals surface area (Å²) in [5.74, 6) is 0.893. The van der Waals surface area contributed by atoms with E-state index in [1.54, 1.807) is 4.90 Å². The highest BCUT2D eigenvalue weighted by Crippen LogP contribution is 2.33. The van der Waals surface area contributed by atoms with Crippen molar-refractivity contribution in [3.63, 3.8) is 0 Å². The van der Waals surface area contributed by atoms with Crippen LogP contribution in [0.1, 0.15) is 26.3 Å². The van der Waals surface area contributed by atoms with Crippen molar-refractivity contribution < 1.29 is 19.1 Å². The molecular formula is C18H29ClNO3+. The van der Waals surface area contributed by atoms with Crippen LogP contribution in [-0.2, 0) is 14.9 Å². The predicted octanol–water partition coefficient (Wildman–Crippen LogP) is 1.95. The first kappa shape index (κ1) is 18.5. The molecule has 0 amide bonds. The molecule has 1 fully saturated rings. The Kier molecular flexibility index (Phi) is 7.15. The molecule has 0 saturated carbocycles. The molecule has 2 rings (SSSR count). The number of morpholine rings is 1. The van der Waals surface area contributed by atoms with Crippen LogP contribution < -0.4 is 9.64 Å². The van der Waals surface area contributed by atoms with Gasteiger partial charge < -0.3 is 19.1 Å². The topological polar surface area (TPSA) is 32.1 Å². The summed E-state index contributed by atoms with van der Waals surface area (Å²) in [5.41, 5.74) is 1.13. The van der Waals surface area contributed by atoms with Gasteiger partial charge in [0.15, 0.2) is 0 Å². The van der Waals surface area contributed by atoms with Crippen LogP contribution in [0, 0.1) is 0 Å². The number of ether oxygens (including phenoxy) is 3. The van der Waals surface area contributed by atoms with Gasteiger partial charge in [-0.1, -0.05) is 32.4 Å². The molecule has 1 aromatic carbocycles. The minimum atomic E-state index is 0.000777. The minimum absolute atomic E-state index is 0.000777. The number of benzene rings is 1. The molecular weight excluding hydrogens is 314 g/mol. The Morgan fingerprint density at radius 1 is 1.13 bits per heavy atom. The number of hydrogen-bond donors (Lipinski definition) is 1. The third kappa shape index (κ3) is 6.30. The normalized spacial score (nSPS) is 16.5. The molecule has 0 aliphatic carbocycles. The van der Waals surface area contributed by atoms with E-state index in [0.717, 1.165) is 55.8 Å². The molecule has 4 nitrogen and oxygen atoms in total. The molecule has 1 aliphatic rings. The van der Waals surface area contributed by atoms with E-state index in [4.69, 9.17) is 25.8 Å². The zero-order chi connectivity index (χ0) is 16.7. The lowest BCUT2D eigenvalue weighted by Gasteiger charge is -2.24. The van der Waals surface area contributed by atoms with Crippen LogP contribution in [0.3, 0.4) is 0 Å². The summed E-state index contributed by atoms with van der Waals surface area (Å²) in [6, 6.07) is 5.80. The summed E-state index contributed by atoms with van der Waals surface area (Å²) >= 11 is 6.11. The van der Waals surface area contributed by atoms with E-state index in [9.17, 15) is 0 Å². The fourth-order valence-electron chi connectivity index (χ4n) is 2.65. The van der Waals surface area contributed by atoms with E-state index in [0.29, 0.717) is 13.2 Å². The van der Waals surface area contributed by atoms with Gasteiger partial charge in [0.25, 0.3) is 0 Å². The molecule has 0 radical (unpaired) electrons. The summed E-state index contributed by atoms with van der Waals surface area (Å²) in [4.78, 5) is 1.56.